The highest BCUT2D eigenvalue weighted by Gasteiger charge is 1.92. The van der Waals surface area contributed by atoms with Crippen molar-refractivity contribution in [3.8, 4) is 0 Å². The molecule has 1 heterocycles. The number of aliphatic carboxylic acids is 1. The molecule has 0 saturated carbocycles. The van der Waals surface area contributed by atoms with Crippen molar-refractivity contribution in [3.63, 3.8) is 0 Å². The minimum absolute atomic E-state index is 0.139. The van der Waals surface area contributed by atoms with E-state index < -0.39 is 5.97 Å². The summed E-state index contributed by atoms with van der Waals surface area (Å²) in [5.74, 6) is -1.13. The molecule has 0 aliphatic carbocycles. The van der Waals surface area contributed by atoms with E-state index in [0.29, 0.717) is 5.48 Å². The largest absolute Gasteiger partial charge is 0.478 e. The second kappa shape index (κ2) is 8.16. The number of imidazole rings is 1. The van der Waals surface area contributed by atoms with Crippen molar-refractivity contribution in [2.45, 2.75) is 45.4 Å². The van der Waals surface area contributed by atoms with Crippen LogP contribution in [0.3, 0.4) is 0 Å². The third kappa shape index (κ3) is 5.93. The number of aromatic nitrogens is 2. The van der Waals surface area contributed by atoms with Crippen LogP contribution in [0.15, 0.2) is 10.9 Å². The number of unbranched alkanes of at least 4 members (excludes halogenated alkanes) is 5. The standard InChI is InChI=1S/C14H20N2O3/c1-2-3-4-5-6-7-8-12-15-11(14(19)16-12)9-10-13(17)18/h8,10,15H,2-7H2,1H3,(H,16,19)(H,17,18). The van der Waals surface area contributed by atoms with Crippen LogP contribution >= 0.6 is 0 Å². The van der Waals surface area contributed by atoms with Gasteiger partial charge in [0.05, 0.1) is 6.08 Å². The van der Waals surface area contributed by atoms with Crippen molar-refractivity contribution in [2.75, 3.05) is 0 Å². The lowest BCUT2D eigenvalue weighted by Gasteiger charge is -1.95. The summed E-state index contributed by atoms with van der Waals surface area (Å²) in [5, 5.41) is 8.60. The van der Waals surface area contributed by atoms with Crippen LogP contribution in [-0.2, 0) is 4.79 Å². The Hall–Kier alpha value is -2.00. The fourth-order valence-corrected chi connectivity index (χ4v) is 1.74. The SMILES string of the molecule is CCCCCCCC=c1[nH]c(=O)c(=C=CC(=O)O)[nH]1. The first-order valence-corrected chi connectivity index (χ1v) is 6.61. The lowest BCUT2D eigenvalue weighted by Crippen LogP contribution is -2.21. The number of carboxylic acids is 1. The van der Waals surface area contributed by atoms with Gasteiger partial charge in [0.25, 0.3) is 5.56 Å². The predicted octanol–water partition coefficient (Wildman–Crippen LogP) is 0.864. The zero-order valence-electron chi connectivity index (χ0n) is 11.2. The summed E-state index contributed by atoms with van der Waals surface area (Å²) in [4.78, 5) is 27.2. The Morgan fingerprint density at radius 3 is 2.68 bits per heavy atom. The third-order valence-electron chi connectivity index (χ3n) is 2.73. The highest BCUT2D eigenvalue weighted by Crippen LogP contribution is 2.04. The van der Waals surface area contributed by atoms with Crippen molar-refractivity contribution in [1.29, 1.82) is 0 Å². The van der Waals surface area contributed by atoms with Gasteiger partial charge >= 0.3 is 5.97 Å². The van der Waals surface area contributed by atoms with Gasteiger partial charge < -0.3 is 15.1 Å². The second-order valence-electron chi connectivity index (χ2n) is 4.40. The molecule has 0 amide bonds. The van der Waals surface area contributed by atoms with E-state index in [-0.39, 0.29) is 10.9 Å². The average molecular weight is 264 g/mol. The third-order valence-corrected chi connectivity index (χ3v) is 2.73. The molecule has 5 nitrogen and oxygen atoms in total. The van der Waals surface area contributed by atoms with E-state index in [4.69, 9.17) is 5.11 Å². The quantitative estimate of drug-likeness (QED) is 0.504. The number of hydrogen-bond acceptors (Lipinski definition) is 2. The van der Waals surface area contributed by atoms with Gasteiger partial charge in [0.2, 0.25) is 0 Å². The molecule has 0 bridgehead atoms. The fourth-order valence-electron chi connectivity index (χ4n) is 1.74. The molecule has 1 aromatic heterocycles. The molecular formula is C14H20N2O3. The van der Waals surface area contributed by atoms with Crippen LogP contribution in [0.2, 0.25) is 0 Å². The van der Waals surface area contributed by atoms with E-state index >= 15 is 0 Å². The first-order chi connectivity index (χ1) is 9.13. The van der Waals surface area contributed by atoms with Crippen LogP contribution in [0.25, 0.3) is 11.8 Å². The van der Waals surface area contributed by atoms with Gasteiger partial charge in [-0.15, -0.1) is 0 Å². The molecule has 0 saturated heterocycles. The molecular weight excluding hydrogens is 244 g/mol. The number of nitrogens with one attached hydrogen (secondary N) is 2. The fraction of sp³-hybridized carbons (Fsp3) is 0.500. The summed E-state index contributed by atoms with van der Waals surface area (Å²) in [5.41, 5.74) is 2.67. The second-order valence-corrected chi connectivity index (χ2v) is 4.40. The van der Waals surface area contributed by atoms with Gasteiger partial charge in [0, 0.05) is 0 Å². The predicted molar refractivity (Wildman–Crippen MR) is 74.1 cm³/mol. The van der Waals surface area contributed by atoms with Crippen molar-refractivity contribution < 1.29 is 9.90 Å². The molecule has 19 heavy (non-hydrogen) atoms. The topological polar surface area (TPSA) is 85.9 Å². The number of hydrogen-bond donors (Lipinski definition) is 3. The summed E-state index contributed by atoms with van der Waals surface area (Å²) in [6, 6.07) is 0. The number of H-pyrrole nitrogens is 2. The number of carboxylic acid groups (broad SMARTS) is 1. The van der Waals surface area contributed by atoms with Gasteiger partial charge in [-0.05, 0) is 18.9 Å². The van der Waals surface area contributed by atoms with Crippen LogP contribution in [0.4, 0.5) is 0 Å². The molecule has 104 valence electrons. The van der Waals surface area contributed by atoms with Gasteiger partial charge in [-0.25, -0.2) is 4.79 Å². The normalized spacial score (nSPS) is 11.3. The van der Waals surface area contributed by atoms with Gasteiger partial charge in [-0.2, -0.15) is 0 Å². The van der Waals surface area contributed by atoms with Crippen molar-refractivity contribution >= 4 is 17.8 Å². The minimum atomic E-state index is -1.13. The molecule has 0 aliphatic heterocycles. The summed E-state index contributed by atoms with van der Waals surface area (Å²) in [6.45, 7) is 2.18. The van der Waals surface area contributed by atoms with E-state index in [1.54, 1.807) is 0 Å². The number of rotatable bonds is 7. The number of carbonyl (C=O) groups is 1. The van der Waals surface area contributed by atoms with E-state index in [1.165, 1.54) is 25.7 Å². The van der Waals surface area contributed by atoms with Gasteiger partial charge in [-0.3, -0.25) is 4.79 Å². The van der Waals surface area contributed by atoms with Crippen LogP contribution in [0, 0.1) is 0 Å². The molecule has 0 atom stereocenters. The van der Waals surface area contributed by atoms with Crippen LogP contribution in [0.5, 0.6) is 0 Å². The summed E-state index contributed by atoms with van der Waals surface area (Å²) < 4.78 is 0. The zero-order valence-corrected chi connectivity index (χ0v) is 11.2. The van der Waals surface area contributed by atoms with E-state index in [0.717, 1.165) is 18.9 Å². The van der Waals surface area contributed by atoms with Gasteiger partial charge in [0.15, 0.2) is 0 Å². The minimum Gasteiger partial charge on any atom is -0.478 e. The molecule has 0 aliphatic rings. The first kappa shape index (κ1) is 15.1. The van der Waals surface area contributed by atoms with E-state index in [1.807, 2.05) is 6.08 Å². The van der Waals surface area contributed by atoms with Gasteiger partial charge in [-0.1, -0.05) is 38.3 Å². The Bertz CT molecular complexity index is 603. The molecule has 1 aromatic rings. The first-order valence-electron chi connectivity index (χ1n) is 6.61. The molecule has 5 heteroatoms. The monoisotopic (exact) mass is 264 g/mol. The Morgan fingerprint density at radius 1 is 1.26 bits per heavy atom. The van der Waals surface area contributed by atoms with Crippen molar-refractivity contribution in [1.82, 2.24) is 9.97 Å². The lowest BCUT2D eigenvalue weighted by molar-refractivity contribution is -0.131. The average Bonchev–Trinajstić information content (AvgIpc) is 2.72. The molecule has 0 unspecified atom stereocenters. The molecule has 3 N–H and O–H groups in total. The maximum atomic E-state index is 11.4. The Balaban J connectivity index is 2.66. The highest BCUT2D eigenvalue weighted by atomic mass is 16.4. The van der Waals surface area contributed by atoms with Crippen molar-refractivity contribution in [2.24, 2.45) is 0 Å². The lowest BCUT2D eigenvalue weighted by atomic mass is 10.1. The maximum Gasteiger partial charge on any atom is 0.336 e. The van der Waals surface area contributed by atoms with Gasteiger partial charge in [0.1, 0.15) is 10.8 Å². The van der Waals surface area contributed by atoms with Crippen LogP contribution in [-0.4, -0.2) is 21.0 Å². The smallest absolute Gasteiger partial charge is 0.336 e. The summed E-state index contributed by atoms with van der Waals surface area (Å²) in [7, 11) is 0. The summed E-state index contributed by atoms with van der Waals surface area (Å²) >= 11 is 0. The van der Waals surface area contributed by atoms with E-state index in [2.05, 4.69) is 22.6 Å². The maximum absolute atomic E-state index is 11.4. The molecule has 0 fully saturated rings. The molecule has 1 rings (SSSR count). The molecule has 0 aromatic carbocycles. The summed E-state index contributed by atoms with van der Waals surface area (Å²) in [6.07, 6.45) is 9.63. The Kier molecular flexibility index (Phi) is 6.47. The number of aromatic amines is 2. The van der Waals surface area contributed by atoms with Crippen molar-refractivity contribution in [3.05, 3.63) is 27.3 Å². The Morgan fingerprint density at radius 2 is 2.00 bits per heavy atom. The zero-order chi connectivity index (χ0) is 14.1. The molecule has 0 radical (unpaired) electrons. The molecule has 0 spiro atoms. The van der Waals surface area contributed by atoms with E-state index in [9.17, 15) is 9.59 Å². The highest BCUT2D eigenvalue weighted by molar-refractivity contribution is 5.82. The Labute approximate surface area is 111 Å². The van der Waals surface area contributed by atoms with Crippen LogP contribution < -0.4 is 16.4 Å². The van der Waals surface area contributed by atoms with Crippen LogP contribution in [0.1, 0.15) is 45.4 Å².